The maximum atomic E-state index is 10.3. The van der Waals surface area contributed by atoms with Crippen LogP contribution >= 0.6 is 0 Å². The van der Waals surface area contributed by atoms with Gasteiger partial charge in [0.1, 0.15) is 0 Å². The highest BCUT2D eigenvalue weighted by molar-refractivity contribution is 6.33. The predicted molar refractivity (Wildman–Crippen MR) is 40.6 cm³/mol. The van der Waals surface area contributed by atoms with Crippen molar-refractivity contribution < 1.29 is 8.94 Å². The second kappa shape index (κ2) is 2.98. The van der Waals surface area contributed by atoms with Crippen LogP contribution < -0.4 is 5.73 Å². The van der Waals surface area contributed by atoms with Crippen LogP contribution in [0.4, 0.5) is 0 Å². The number of nitrogens with zero attached hydrogens (tertiary/aromatic N) is 1. The molecule has 0 aromatic rings. The zero-order chi connectivity index (χ0) is 7.49. The zero-order valence-corrected chi connectivity index (χ0v) is 7.76. The van der Waals surface area contributed by atoms with Gasteiger partial charge in [-0.05, 0) is 0 Å². The first-order chi connectivity index (χ1) is 3.92. The quantitative estimate of drug-likeness (QED) is 0.494. The van der Waals surface area contributed by atoms with E-state index in [4.69, 9.17) is 5.73 Å². The normalized spacial score (nSPS) is 12.8. The summed E-state index contributed by atoms with van der Waals surface area (Å²) in [5, 5.41) is 0. The topological polar surface area (TPSA) is 43.1 Å². The lowest BCUT2D eigenvalue weighted by atomic mass is 10.8. The minimum absolute atomic E-state index is 0.158. The SMILES string of the molecule is C[N+](C)(C)[SiH2]CC(N)=O. The second-order valence-corrected chi connectivity index (χ2v) is 6.07. The number of rotatable bonds is 3. The van der Waals surface area contributed by atoms with Gasteiger partial charge in [0, 0.05) is 0 Å². The fourth-order valence-electron chi connectivity index (χ4n) is 0.446. The molecule has 9 heavy (non-hydrogen) atoms. The van der Waals surface area contributed by atoms with Gasteiger partial charge in [0.15, 0.2) is 0 Å². The van der Waals surface area contributed by atoms with E-state index in [0.29, 0.717) is 6.04 Å². The Bertz CT molecular complexity index is 108. The molecular formula is C5H15N2OSi+. The Kier molecular flexibility index (Phi) is 2.86. The maximum Gasteiger partial charge on any atom is 0.263 e. The lowest BCUT2D eigenvalue weighted by Gasteiger charge is -2.23. The van der Waals surface area contributed by atoms with Crippen molar-refractivity contribution in [1.82, 2.24) is 0 Å². The number of nitrogens with two attached hydrogens (primary N) is 1. The van der Waals surface area contributed by atoms with Gasteiger partial charge < -0.3 is 9.88 Å². The number of hydrogen-bond acceptors (Lipinski definition) is 1. The molecule has 0 saturated carbocycles. The van der Waals surface area contributed by atoms with Crippen molar-refractivity contribution in [1.29, 1.82) is 0 Å². The summed E-state index contributed by atoms with van der Waals surface area (Å²) in [4.78, 5) is 10.3. The molecule has 0 aromatic carbocycles. The highest BCUT2D eigenvalue weighted by atomic mass is 28.2. The molecule has 0 aliphatic carbocycles. The van der Waals surface area contributed by atoms with Gasteiger partial charge in [-0.3, -0.25) is 4.79 Å². The minimum atomic E-state index is -0.335. The molecule has 0 fully saturated rings. The Morgan fingerprint density at radius 1 is 1.56 bits per heavy atom. The molecule has 0 aliphatic heterocycles. The van der Waals surface area contributed by atoms with Crippen LogP contribution in [0.5, 0.6) is 0 Å². The fourth-order valence-corrected chi connectivity index (χ4v) is 1.34. The molecule has 54 valence electrons. The summed E-state index contributed by atoms with van der Waals surface area (Å²) in [6.45, 7) is 0. The lowest BCUT2D eigenvalue weighted by Crippen LogP contribution is -2.40. The third-order valence-electron chi connectivity index (χ3n) is 1.03. The van der Waals surface area contributed by atoms with Crippen molar-refractivity contribution in [2.24, 2.45) is 5.73 Å². The predicted octanol–water partition coefficient (Wildman–Crippen LogP) is -1.32. The van der Waals surface area contributed by atoms with Crippen molar-refractivity contribution in [3.63, 3.8) is 0 Å². The summed E-state index contributed by atoms with van der Waals surface area (Å²) >= 11 is 0. The zero-order valence-electron chi connectivity index (χ0n) is 6.35. The Labute approximate surface area is 58.3 Å². The number of carbonyl (C=O) groups is 1. The van der Waals surface area contributed by atoms with Crippen molar-refractivity contribution in [2.75, 3.05) is 21.1 Å². The first-order valence-corrected chi connectivity index (χ1v) is 4.64. The number of hydrogen-bond donors (Lipinski definition) is 1. The monoisotopic (exact) mass is 147 g/mol. The molecule has 0 radical (unpaired) electrons. The van der Waals surface area contributed by atoms with Crippen LogP contribution in [0.25, 0.3) is 0 Å². The van der Waals surface area contributed by atoms with Gasteiger partial charge in [-0.25, -0.2) is 0 Å². The van der Waals surface area contributed by atoms with Crippen LogP contribution in [0.1, 0.15) is 0 Å². The molecular weight excluding hydrogens is 132 g/mol. The third kappa shape index (κ3) is 7.65. The van der Waals surface area contributed by atoms with Gasteiger partial charge in [0.25, 0.3) is 9.68 Å². The van der Waals surface area contributed by atoms with Crippen molar-refractivity contribution in [2.45, 2.75) is 6.04 Å². The van der Waals surface area contributed by atoms with Gasteiger partial charge >= 0.3 is 0 Å². The fraction of sp³-hybridized carbons (Fsp3) is 0.800. The third-order valence-corrected chi connectivity index (χ3v) is 3.09. The van der Waals surface area contributed by atoms with Crippen molar-refractivity contribution in [3.8, 4) is 0 Å². The number of amides is 1. The molecule has 0 saturated heterocycles. The first kappa shape index (κ1) is 8.65. The van der Waals surface area contributed by atoms with Gasteiger partial charge in [-0.1, -0.05) is 0 Å². The van der Waals surface area contributed by atoms with E-state index in [1.165, 1.54) is 0 Å². The smallest absolute Gasteiger partial charge is 0.263 e. The highest BCUT2D eigenvalue weighted by Crippen LogP contribution is 1.88. The molecule has 0 rings (SSSR count). The summed E-state index contributed by atoms with van der Waals surface area (Å²) in [6, 6.07) is 0.615. The van der Waals surface area contributed by atoms with Crippen LogP contribution in [0.15, 0.2) is 0 Å². The molecule has 0 spiro atoms. The first-order valence-electron chi connectivity index (χ1n) is 3.00. The van der Waals surface area contributed by atoms with E-state index in [2.05, 4.69) is 21.1 Å². The maximum absolute atomic E-state index is 10.3. The Hall–Kier alpha value is -0.353. The Morgan fingerprint density at radius 2 is 2.00 bits per heavy atom. The molecule has 0 aliphatic rings. The van der Waals surface area contributed by atoms with Gasteiger partial charge in [0.05, 0.1) is 27.2 Å². The van der Waals surface area contributed by atoms with Gasteiger partial charge in [-0.15, -0.1) is 0 Å². The number of carbonyl (C=O) groups excluding carboxylic acids is 1. The standard InChI is InChI=1S/C5H14N2OSi/c1-7(2,3)9-4-5(6)8/h4,9H2,1-3H3,(H-,6,8)/p+1. The summed E-state index contributed by atoms with van der Waals surface area (Å²) in [7, 11) is 5.94. The average molecular weight is 147 g/mol. The summed E-state index contributed by atoms with van der Waals surface area (Å²) in [5.41, 5.74) is 4.99. The molecule has 0 atom stereocenters. The Balaban J connectivity index is 3.39. The number of quaternary nitrogens is 1. The van der Waals surface area contributed by atoms with Gasteiger partial charge in [-0.2, -0.15) is 0 Å². The van der Waals surface area contributed by atoms with Crippen LogP contribution in [0, 0.1) is 0 Å². The highest BCUT2D eigenvalue weighted by Gasteiger charge is 2.09. The van der Waals surface area contributed by atoms with Crippen molar-refractivity contribution in [3.05, 3.63) is 0 Å². The largest absolute Gasteiger partial charge is 0.395 e. The van der Waals surface area contributed by atoms with E-state index in [1.54, 1.807) is 0 Å². The second-order valence-electron chi connectivity index (χ2n) is 3.23. The minimum Gasteiger partial charge on any atom is -0.395 e. The summed E-state index contributed by atoms with van der Waals surface area (Å²) in [6.07, 6.45) is 0. The molecule has 0 unspecified atom stereocenters. The molecule has 0 aromatic heterocycles. The molecule has 4 heteroatoms. The van der Waals surface area contributed by atoms with Crippen LogP contribution in [-0.2, 0) is 4.79 Å². The summed E-state index contributed by atoms with van der Waals surface area (Å²) < 4.78 is 0.933. The van der Waals surface area contributed by atoms with Crippen LogP contribution in [-0.4, -0.2) is 40.9 Å². The van der Waals surface area contributed by atoms with E-state index in [-0.39, 0.29) is 15.6 Å². The average Bonchev–Trinajstić information content (AvgIpc) is 1.59. The molecule has 1 amide bonds. The molecule has 0 heterocycles. The van der Waals surface area contributed by atoms with Crippen LogP contribution in [0.2, 0.25) is 6.04 Å². The molecule has 0 bridgehead atoms. The van der Waals surface area contributed by atoms with E-state index < -0.39 is 0 Å². The van der Waals surface area contributed by atoms with Crippen molar-refractivity contribution >= 4 is 15.6 Å². The van der Waals surface area contributed by atoms with Crippen LogP contribution in [0.3, 0.4) is 0 Å². The molecule has 3 nitrogen and oxygen atoms in total. The Morgan fingerprint density at radius 3 is 2.11 bits per heavy atom. The van der Waals surface area contributed by atoms with Gasteiger partial charge in [0.2, 0.25) is 5.91 Å². The van der Waals surface area contributed by atoms with E-state index >= 15 is 0 Å². The lowest BCUT2D eigenvalue weighted by molar-refractivity contribution is -0.755. The van der Waals surface area contributed by atoms with E-state index in [0.717, 1.165) is 4.15 Å². The number of primary amides is 1. The van der Waals surface area contributed by atoms with E-state index in [1.807, 2.05) is 0 Å². The van der Waals surface area contributed by atoms with E-state index in [9.17, 15) is 4.79 Å². The molecule has 2 N–H and O–H groups in total. The summed E-state index contributed by atoms with van der Waals surface area (Å²) in [5.74, 6) is -0.158.